The Morgan fingerprint density at radius 1 is 1.04 bits per heavy atom. The summed E-state index contributed by atoms with van der Waals surface area (Å²) >= 11 is 0. The van der Waals surface area contributed by atoms with E-state index in [2.05, 4.69) is 52.9 Å². The van der Waals surface area contributed by atoms with Crippen molar-refractivity contribution in [2.45, 2.75) is 45.0 Å². The molecule has 0 saturated carbocycles. The van der Waals surface area contributed by atoms with Gasteiger partial charge in [-0.25, -0.2) is 4.98 Å². The third-order valence-electron chi connectivity index (χ3n) is 5.74. The Hall–Kier alpha value is -2.18. The third-order valence-corrected chi connectivity index (χ3v) is 5.74. The second kappa shape index (κ2) is 8.45. The van der Waals surface area contributed by atoms with Crippen LogP contribution in [0.5, 0.6) is 0 Å². The highest BCUT2D eigenvalue weighted by atomic mass is 16.5. The summed E-state index contributed by atoms with van der Waals surface area (Å²) in [5.41, 5.74) is 1.19. The lowest BCUT2D eigenvalue weighted by atomic mass is 10.0. The number of rotatable bonds is 4. The lowest BCUT2D eigenvalue weighted by molar-refractivity contribution is -0.0503. The number of morpholine rings is 1. The van der Waals surface area contributed by atoms with Gasteiger partial charge >= 0.3 is 0 Å². The highest BCUT2D eigenvalue weighted by molar-refractivity contribution is 5.45. The molecule has 1 N–H and O–H groups in total. The predicted molar refractivity (Wildman–Crippen MR) is 111 cm³/mol. The molecule has 6 heteroatoms. The van der Waals surface area contributed by atoms with Crippen LogP contribution in [0.4, 0.5) is 11.8 Å². The normalized spacial score (nSPS) is 24.0. The molecule has 150 valence electrons. The number of anilines is 2. The molecule has 2 aromatic rings. The van der Waals surface area contributed by atoms with Crippen molar-refractivity contribution in [3.8, 4) is 0 Å². The van der Waals surface area contributed by atoms with E-state index in [0.29, 0.717) is 5.92 Å². The number of ether oxygens (including phenoxy) is 1. The minimum absolute atomic E-state index is 0.0136. The van der Waals surface area contributed by atoms with E-state index in [-0.39, 0.29) is 18.3 Å². The fourth-order valence-electron chi connectivity index (χ4n) is 3.93. The maximum atomic E-state index is 9.77. The van der Waals surface area contributed by atoms with Gasteiger partial charge < -0.3 is 19.6 Å². The SMILES string of the molecule is CC(C)[C@H]1CN(c2nccc(N3CCC(O)CC3)n2)C[C@@H](c2ccccc2)O1. The summed E-state index contributed by atoms with van der Waals surface area (Å²) in [6.45, 7) is 7.61. The van der Waals surface area contributed by atoms with Crippen molar-refractivity contribution >= 4 is 11.8 Å². The smallest absolute Gasteiger partial charge is 0.227 e. The second-order valence-corrected chi connectivity index (χ2v) is 8.16. The molecule has 2 aliphatic rings. The number of aliphatic hydroxyl groups is 1. The maximum absolute atomic E-state index is 9.77. The van der Waals surface area contributed by atoms with Crippen LogP contribution in [-0.2, 0) is 4.74 Å². The number of piperidine rings is 1. The van der Waals surface area contributed by atoms with Gasteiger partial charge in [0, 0.05) is 25.8 Å². The summed E-state index contributed by atoms with van der Waals surface area (Å²) in [5, 5.41) is 9.77. The molecule has 4 rings (SSSR count). The van der Waals surface area contributed by atoms with E-state index in [0.717, 1.165) is 50.8 Å². The van der Waals surface area contributed by atoms with Crippen molar-refractivity contribution in [2.75, 3.05) is 36.0 Å². The van der Waals surface area contributed by atoms with Gasteiger partial charge in [0.05, 0.1) is 18.8 Å². The Bertz CT molecular complexity index is 762. The van der Waals surface area contributed by atoms with Crippen molar-refractivity contribution in [2.24, 2.45) is 5.92 Å². The average Bonchev–Trinajstić information content (AvgIpc) is 2.74. The van der Waals surface area contributed by atoms with Crippen molar-refractivity contribution in [3.05, 3.63) is 48.2 Å². The van der Waals surface area contributed by atoms with Crippen LogP contribution < -0.4 is 9.80 Å². The fourth-order valence-corrected chi connectivity index (χ4v) is 3.93. The van der Waals surface area contributed by atoms with Crippen molar-refractivity contribution < 1.29 is 9.84 Å². The Kier molecular flexibility index (Phi) is 5.78. The van der Waals surface area contributed by atoms with Crippen molar-refractivity contribution in [1.29, 1.82) is 0 Å². The van der Waals surface area contributed by atoms with Crippen LogP contribution in [-0.4, -0.2) is 53.5 Å². The van der Waals surface area contributed by atoms with Gasteiger partial charge in [-0.05, 0) is 30.4 Å². The van der Waals surface area contributed by atoms with Gasteiger partial charge in [-0.2, -0.15) is 4.98 Å². The summed E-state index contributed by atoms with van der Waals surface area (Å²) in [6.07, 6.45) is 3.40. The number of aromatic nitrogens is 2. The zero-order chi connectivity index (χ0) is 19.5. The average molecular weight is 383 g/mol. The Balaban J connectivity index is 1.55. The van der Waals surface area contributed by atoms with E-state index in [1.54, 1.807) is 0 Å². The second-order valence-electron chi connectivity index (χ2n) is 8.16. The zero-order valence-corrected chi connectivity index (χ0v) is 16.7. The van der Waals surface area contributed by atoms with Crippen molar-refractivity contribution in [1.82, 2.24) is 9.97 Å². The van der Waals surface area contributed by atoms with Gasteiger partial charge in [0.2, 0.25) is 5.95 Å². The number of hydrogen-bond acceptors (Lipinski definition) is 6. The first kappa shape index (κ1) is 19.2. The van der Waals surface area contributed by atoms with Gasteiger partial charge in [0.15, 0.2) is 0 Å². The van der Waals surface area contributed by atoms with Gasteiger partial charge in [-0.1, -0.05) is 44.2 Å². The lowest BCUT2D eigenvalue weighted by Crippen LogP contribution is -2.47. The van der Waals surface area contributed by atoms with Crippen molar-refractivity contribution in [3.63, 3.8) is 0 Å². The van der Waals surface area contributed by atoms with E-state index >= 15 is 0 Å². The summed E-state index contributed by atoms with van der Waals surface area (Å²) in [7, 11) is 0. The molecule has 3 heterocycles. The third kappa shape index (κ3) is 4.28. The summed E-state index contributed by atoms with van der Waals surface area (Å²) in [6, 6.07) is 12.4. The molecule has 0 aliphatic carbocycles. The number of aliphatic hydroxyl groups excluding tert-OH is 1. The molecule has 0 radical (unpaired) electrons. The standard InChI is InChI=1S/C22H30N4O2/c1-16(2)19-14-26(15-20(28-19)17-6-4-3-5-7-17)22-23-11-8-21(24-22)25-12-9-18(27)10-13-25/h3-8,11,16,18-20,27H,9-10,12-15H2,1-2H3/t19-,20+/m1/s1. The molecule has 0 unspecified atom stereocenters. The molecule has 0 amide bonds. The van der Waals surface area contributed by atoms with Crippen LogP contribution in [0.15, 0.2) is 42.6 Å². The molecule has 0 bridgehead atoms. The number of nitrogens with zero attached hydrogens (tertiary/aromatic N) is 4. The highest BCUT2D eigenvalue weighted by Gasteiger charge is 2.32. The van der Waals surface area contributed by atoms with Gasteiger partial charge in [0.25, 0.3) is 0 Å². The van der Waals surface area contributed by atoms with Crippen LogP contribution in [0.1, 0.15) is 38.4 Å². The predicted octanol–water partition coefficient (Wildman–Crippen LogP) is 3.04. The van der Waals surface area contributed by atoms with Crippen LogP contribution >= 0.6 is 0 Å². The monoisotopic (exact) mass is 382 g/mol. The topological polar surface area (TPSA) is 61.7 Å². The van der Waals surface area contributed by atoms with Crippen LogP contribution in [0.25, 0.3) is 0 Å². The first-order chi connectivity index (χ1) is 13.6. The minimum atomic E-state index is -0.185. The molecule has 2 fully saturated rings. The Labute approximate surface area is 167 Å². The molecule has 2 aliphatic heterocycles. The number of benzene rings is 1. The fraction of sp³-hybridized carbons (Fsp3) is 0.545. The molecule has 1 aromatic heterocycles. The minimum Gasteiger partial charge on any atom is -0.393 e. The Morgan fingerprint density at radius 2 is 1.79 bits per heavy atom. The van der Waals surface area contributed by atoms with E-state index in [4.69, 9.17) is 9.72 Å². The van der Waals surface area contributed by atoms with E-state index in [9.17, 15) is 5.11 Å². The molecule has 28 heavy (non-hydrogen) atoms. The summed E-state index contributed by atoms with van der Waals surface area (Å²) < 4.78 is 6.41. The molecule has 1 aromatic carbocycles. The highest BCUT2D eigenvalue weighted by Crippen LogP contribution is 2.30. The summed E-state index contributed by atoms with van der Waals surface area (Å²) in [4.78, 5) is 13.9. The first-order valence-electron chi connectivity index (χ1n) is 10.3. The largest absolute Gasteiger partial charge is 0.393 e. The van der Waals surface area contributed by atoms with E-state index in [1.807, 2.05) is 18.3 Å². The van der Waals surface area contributed by atoms with Crippen LogP contribution in [0.2, 0.25) is 0 Å². The van der Waals surface area contributed by atoms with Gasteiger partial charge in [0.1, 0.15) is 11.9 Å². The van der Waals surface area contributed by atoms with Crippen LogP contribution in [0.3, 0.4) is 0 Å². The molecular weight excluding hydrogens is 352 g/mol. The molecule has 2 atom stereocenters. The quantitative estimate of drug-likeness (QED) is 0.877. The zero-order valence-electron chi connectivity index (χ0n) is 16.7. The molecule has 2 saturated heterocycles. The van der Waals surface area contributed by atoms with E-state index in [1.165, 1.54) is 5.56 Å². The van der Waals surface area contributed by atoms with Gasteiger partial charge in [-0.3, -0.25) is 0 Å². The molecular formula is C22H30N4O2. The molecule has 6 nitrogen and oxygen atoms in total. The lowest BCUT2D eigenvalue weighted by Gasteiger charge is -2.40. The number of hydrogen-bond donors (Lipinski definition) is 1. The van der Waals surface area contributed by atoms with E-state index < -0.39 is 0 Å². The Morgan fingerprint density at radius 3 is 2.50 bits per heavy atom. The van der Waals surface area contributed by atoms with Gasteiger partial charge in [-0.15, -0.1) is 0 Å². The maximum Gasteiger partial charge on any atom is 0.227 e. The molecule has 0 spiro atoms. The van der Waals surface area contributed by atoms with Crippen LogP contribution in [0, 0.1) is 5.92 Å². The summed E-state index contributed by atoms with van der Waals surface area (Å²) in [5.74, 6) is 2.13. The first-order valence-corrected chi connectivity index (χ1v) is 10.3.